The lowest BCUT2D eigenvalue weighted by Crippen LogP contribution is -2.16. The topological polar surface area (TPSA) is 17.1 Å². The van der Waals surface area contributed by atoms with Crippen molar-refractivity contribution in [3.63, 3.8) is 0 Å². The molecule has 1 aliphatic carbocycles. The summed E-state index contributed by atoms with van der Waals surface area (Å²) < 4.78 is 0. The number of benzene rings is 1. The third-order valence-electron chi connectivity index (χ3n) is 3.90. The average Bonchev–Trinajstić information content (AvgIpc) is 2.56. The highest BCUT2D eigenvalue weighted by Gasteiger charge is 2.46. The number of hydrogen-bond acceptors (Lipinski definition) is 1. The van der Waals surface area contributed by atoms with Crippen LogP contribution in [0.15, 0.2) is 30.3 Å². The van der Waals surface area contributed by atoms with E-state index in [0.717, 1.165) is 12.8 Å². The molecule has 1 aromatic carbocycles. The summed E-state index contributed by atoms with van der Waals surface area (Å²) in [6, 6.07) is 10.3. The Kier molecular flexibility index (Phi) is 3.88. The van der Waals surface area contributed by atoms with E-state index in [9.17, 15) is 4.79 Å². The van der Waals surface area contributed by atoms with Gasteiger partial charge in [0.2, 0.25) is 0 Å². The number of carbonyl (C=O) groups is 1. The Morgan fingerprint density at radius 3 is 2.47 bits per heavy atom. The summed E-state index contributed by atoms with van der Waals surface area (Å²) in [5, 5.41) is -0.296. The van der Waals surface area contributed by atoms with Gasteiger partial charge < -0.3 is 0 Å². The summed E-state index contributed by atoms with van der Waals surface area (Å²) >= 11 is 6.30. The zero-order valence-corrected chi connectivity index (χ0v) is 11.2. The maximum Gasteiger partial charge on any atom is 0.154 e. The van der Waals surface area contributed by atoms with Crippen molar-refractivity contribution in [2.75, 3.05) is 0 Å². The van der Waals surface area contributed by atoms with Gasteiger partial charge in [0, 0.05) is 5.92 Å². The molecule has 2 heteroatoms. The first kappa shape index (κ1) is 12.6. The molecule has 4 unspecified atom stereocenters. The molecule has 0 amide bonds. The van der Waals surface area contributed by atoms with Crippen molar-refractivity contribution in [2.45, 2.75) is 38.0 Å². The van der Waals surface area contributed by atoms with Gasteiger partial charge in [-0.15, -0.1) is 11.6 Å². The summed E-state index contributed by atoms with van der Waals surface area (Å²) in [5.74, 6) is 0.869. The Hall–Kier alpha value is -0.820. The van der Waals surface area contributed by atoms with Crippen molar-refractivity contribution in [1.29, 1.82) is 0 Å². The average molecular weight is 251 g/mol. The fraction of sp³-hybridized carbons (Fsp3) is 0.533. The van der Waals surface area contributed by atoms with Crippen LogP contribution in [0, 0.1) is 11.8 Å². The number of alkyl halides is 1. The van der Waals surface area contributed by atoms with Gasteiger partial charge in [-0.05, 0) is 23.8 Å². The van der Waals surface area contributed by atoms with E-state index in [4.69, 9.17) is 11.6 Å². The van der Waals surface area contributed by atoms with Crippen LogP contribution in [0.4, 0.5) is 0 Å². The Morgan fingerprint density at radius 2 is 1.88 bits per heavy atom. The highest BCUT2D eigenvalue weighted by molar-refractivity contribution is 6.32. The lowest BCUT2D eigenvalue weighted by molar-refractivity contribution is -0.120. The van der Waals surface area contributed by atoms with Crippen LogP contribution in [-0.2, 0) is 4.79 Å². The first-order chi connectivity index (χ1) is 8.16. The molecule has 0 radical (unpaired) electrons. The molecule has 0 spiro atoms. The van der Waals surface area contributed by atoms with Crippen LogP contribution in [0.1, 0.15) is 38.2 Å². The van der Waals surface area contributed by atoms with E-state index in [-0.39, 0.29) is 17.1 Å². The Balaban J connectivity index is 2.33. The Bertz CT molecular complexity index is 387. The Labute approximate surface area is 108 Å². The van der Waals surface area contributed by atoms with Crippen molar-refractivity contribution in [1.82, 2.24) is 0 Å². The summed E-state index contributed by atoms with van der Waals surface area (Å²) in [5.41, 5.74) is 1.26. The third-order valence-corrected chi connectivity index (χ3v) is 4.44. The maximum absolute atomic E-state index is 12.0. The van der Waals surface area contributed by atoms with Gasteiger partial charge in [0.1, 0.15) is 0 Å². The summed E-state index contributed by atoms with van der Waals surface area (Å²) in [4.78, 5) is 12.0. The van der Waals surface area contributed by atoms with E-state index in [1.54, 1.807) is 0 Å². The molecule has 1 fully saturated rings. The van der Waals surface area contributed by atoms with Crippen LogP contribution < -0.4 is 0 Å². The van der Waals surface area contributed by atoms with Crippen LogP contribution in [0.5, 0.6) is 0 Å². The molecule has 1 saturated carbocycles. The summed E-state index contributed by atoms with van der Waals surface area (Å²) in [6.07, 6.45) is 2.11. The van der Waals surface area contributed by atoms with Crippen LogP contribution in [0.2, 0.25) is 0 Å². The molecule has 1 aromatic rings. The van der Waals surface area contributed by atoms with Crippen LogP contribution in [0.3, 0.4) is 0 Å². The van der Waals surface area contributed by atoms with Crippen LogP contribution >= 0.6 is 11.6 Å². The van der Waals surface area contributed by atoms with Gasteiger partial charge in [-0.1, -0.05) is 50.6 Å². The number of rotatable bonds is 3. The molecule has 17 heavy (non-hydrogen) atoms. The summed E-state index contributed by atoms with van der Waals surface area (Å²) in [7, 11) is 0. The Morgan fingerprint density at radius 1 is 1.24 bits per heavy atom. The molecule has 92 valence electrons. The smallest absolute Gasteiger partial charge is 0.154 e. The van der Waals surface area contributed by atoms with E-state index in [1.165, 1.54) is 5.56 Å². The van der Waals surface area contributed by atoms with E-state index < -0.39 is 0 Å². The van der Waals surface area contributed by atoms with Crippen LogP contribution in [-0.4, -0.2) is 11.2 Å². The van der Waals surface area contributed by atoms with Gasteiger partial charge in [-0.25, -0.2) is 0 Å². The quantitative estimate of drug-likeness (QED) is 0.741. The number of ketones is 1. The molecule has 0 bridgehead atoms. The van der Waals surface area contributed by atoms with Crippen molar-refractivity contribution in [3.05, 3.63) is 35.9 Å². The van der Waals surface area contributed by atoms with Crippen LogP contribution in [0.25, 0.3) is 0 Å². The molecule has 0 heterocycles. The minimum absolute atomic E-state index is 0.0523. The lowest BCUT2D eigenvalue weighted by atomic mass is 9.82. The standard InChI is InChI=1S/C15H19ClO/c1-3-7-12-13(10(2)15(17)14(12)16)11-8-5-4-6-9-11/h4-6,8-10,12-14H,3,7H2,1-2H3. The maximum atomic E-state index is 12.0. The first-order valence-corrected chi connectivity index (χ1v) is 6.83. The van der Waals surface area contributed by atoms with Gasteiger partial charge >= 0.3 is 0 Å². The molecule has 1 nitrogen and oxygen atoms in total. The molecular formula is C15H19ClO. The van der Waals surface area contributed by atoms with Crippen molar-refractivity contribution >= 4 is 17.4 Å². The molecule has 2 rings (SSSR count). The normalized spacial score (nSPS) is 33.0. The third kappa shape index (κ3) is 2.26. The zero-order chi connectivity index (χ0) is 12.4. The monoisotopic (exact) mass is 250 g/mol. The van der Waals surface area contributed by atoms with E-state index in [1.807, 2.05) is 25.1 Å². The molecule has 0 N–H and O–H groups in total. The first-order valence-electron chi connectivity index (χ1n) is 6.39. The van der Waals surface area contributed by atoms with Gasteiger partial charge in [0.05, 0.1) is 5.38 Å². The minimum Gasteiger partial charge on any atom is -0.298 e. The molecule has 1 aliphatic rings. The molecule has 0 aromatic heterocycles. The molecular weight excluding hydrogens is 232 g/mol. The second-order valence-electron chi connectivity index (χ2n) is 4.98. The van der Waals surface area contributed by atoms with E-state index in [2.05, 4.69) is 19.1 Å². The highest BCUT2D eigenvalue weighted by Crippen LogP contribution is 2.46. The zero-order valence-electron chi connectivity index (χ0n) is 10.4. The molecule has 0 saturated heterocycles. The van der Waals surface area contributed by atoms with Crippen molar-refractivity contribution < 1.29 is 4.79 Å². The summed E-state index contributed by atoms with van der Waals surface area (Å²) in [6.45, 7) is 4.17. The van der Waals surface area contributed by atoms with Crippen molar-refractivity contribution in [2.24, 2.45) is 11.8 Å². The SMILES string of the molecule is CCCC1C(Cl)C(=O)C(C)C1c1ccccc1. The van der Waals surface area contributed by atoms with Gasteiger partial charge in [0.15, 0.2) is 5.78 Å². The number of Topliss-reactive ketones (excluding diaryl/α,β-unsaturated/α-hetero) is 1. The van der Waals surface area contributed by atoms with Gasteiger partial charge in [-0.3, -0.25) is 4.79 Å². The molecule has 4 atom stereocenters. The number of carbonyl (C=O) groups excluding carboxylic acids is 1. The van der Waals surface area contributed by atoms with Gasteiger partial charge in [-0.2, -0.15) is 0 Å². The lowest BCUT2D eigenvalue weighted by Gasteiger charge is -2.22. The number of halogens is 1. The second-order valence-corrected chi connectivity index (χ2v) is 5.45. The van der Waals surface area contributed by atoms with Crippen molar-refractivity contribution in [3.8, 4) is 0 Å². The second kappa shape index (κ2) is 5.22. The van der Waals surface area contributed by atoms with E-state index >= 15 is 0 Å². The fourth-order valence-electron chi connectivity index (χ4n) is 3.06. The highest BCUT2D eigenvalue weighted by atomic mass is 35.5. The fourth-order valence-corrected chi connectivity index (χ4v) is 3.54. The largest absolute Gasteiger partial charge is 0.298 e. The molecule has 0 aliphatic heterocycles. The van der Waals surface area contributed by atoms with Gasteiger partial charge in [0.25, 0.3) is 0 Å². The minimum atomic E-state index is -0.296. The predicted octanol–water partition coefficient (Wildman–Crippen LogP) is 4.01. The predicted molar refractivity (Wildman–Crippen MR) is 71.4 cm³/mol. The van der Waals surface area contributed by atoms with E-state index in [0.29, 0.717) is 11.8 Å². The number of hydrogen-bond donors (Lipinski definition) is 0.